The van der Waals surface area contributed by atoms with Gasteiger partial charge in [0, 0.05) is 32.4 Å². The van der Waals surface area contributed by atoms with E-state index < -0.39 is 23.9 Å². The van der Waals surface area contributed by atoms with Crippen LogP contribution in [-0.4, -0.2) is 23.9 Å². The maximum absolute atomic E-state index is 14.4. The van der Waals surface area contributed by atoms with E-state index in [9.17, 15) is 19.2 Å². The number of rotatable bonds is 5. The maximum Gasteiger partial charge on any atom is 0.519 e. The minimum atomic E-state index is -1.11. The van der Waals surface area contributed by atoms with Crippen molar-refractivity contribution in [3.63, 3.8) is 0 Å². The lowest BCUT2D eigenvalue weighted by Crippen LogP contribution is -2.48. The summed E-state index contributed by atoms with van der Waals surface area (Å²) in [4.78, 5) is 55.4. The SMILES string of the molecule is CCc1ccc2c(c1)=C(OC(=O)Oc1cccc3ccccc13)C(=O)C1=c3ccccc3=C(OC(=O)Oc3cccc4ccccc34)C(=O)C=21. The molecule has 242 valence electrons. The maximum atomic E-state index is 14.4. The summed E-state index contributed by atoms with van der Waals surface area (Å²) in [5, 5.41) is 4.23. The van der Waals surface area contributed by atoms with Crippen LogP contribution in [0.15, 0.2) is 127 Å². The summed E-state index contributed by atoms with van der Waals surface area (Å²) in [6.45, 7) is 1.94. The lowest BCUT2D eigenvalue weighted by Gasteiger charge is -2.22. The van der Waals surface area contributed by atoms with Gasteiger partial charge in [0.15, 0.2) is 11.5 Å². The van der Waals surface area contributed by atoms with Gasteiger partial charge in [0.25, 0.3) is 0 Å². The van der Waals surface area contributed by atoms with Crippen molar-refractivity contribution < 1.29 is 38.1 Å². The van der Waals surface area contributed by atoms with Gasteiger partial charge in [-0.1, -0.05) is 116 Å². The molecular weight excluding hydrogens is 632 g/mol. The number of fused-ring (bicyclic) bond motifs is 5. The monoisotopic (exact) mass is 658 g/mol. The molecule has 2 aliphatic carbocycles. The van der Waals surface area contributed by atoms with Crippen LogP contribution in [0.5, 0.6) is 11.5 Å². The van der Waals surface area contributed by atoms with E-state index in [4.69, 9.17) is 18.9 Å². The minimum Gasteiger partial charge on any atom is -0.394 e. The quantitative estimate of drug-likeness (QED) is 0.180. The van der Waals surface area contributed by atoms with Crippen molar-refractivity contribution in [2.45, 2.75) is 13.3 Å². The van der Waals surface area contributed by atoms with Crippen molar-refractivity contribution in [2.75, 3.05) is 0 Å². The Hall–Kier alpha value is -6.80. The molecule has 0 fully saturated rings. The molecule has 0 saturated carbocycles. The molecule has 0 aliphatic heterocycles. The summed E-state index contributed by atoms with van der Waals surface area (Å²) in [5.41, 5.74) is 0.881. The van der Waals surface area contributed by atoms with Crippen molar-refractivity contribution in [1.29, 1.82) is 0 Å². The van der Waals surface area contributed by atoms with E-state index in [0.717, 1.165) is 16.3 Å². The van der Waals surface area contributed by atoms with Gasteiger partial charge in [0.1, 0.15) is 11.5 Å². The largest absolute Gasteiger partial charge is 0.519 e. The fourth-order valence-corrected chi connectivity index (χ4v) is 6.49. The molecule has 0 amide bonds. The van der Waals surface area contributed by atoms with Crippen molar-refractivity contribution in [1.82, 2.24) is 0 Å². The summed E-state index contributed by atoms with van der Waals surface area (Å²) in [6, 6.07) is 37.2. The molecule has 50 heavy (non-hydrogen) atoms. The van der Waals surface area contributed by atoms with E-state index in [1.54, 1.807) is 60.7 Å². The molecule has 2 aliphatic rings. The van der Waals surface area contributed by atoms with Gasteiger partial charge in [-0.05, 0) is 51.4 Å². The number of hydrogen-bond acceptors (Lipinski definition) is 8. The second-order valence-electron chi connectivity index (χ2n) is 11.7. The van der Waals surface area contributed by atoms with Gasteiger partial charge in [-0.3, -0.25) is 9.59 Å². The molecule has 8 nitrogen and oxygen atoms in total. The first-order chi connectivity index (χ1) is 24.4. The van der Waals surface area contributed by atoms with E-state index in [2.05, 4.69) is 0 Å². The molecule has 6 aromatic carbocycles. The summed E-state index contributed by atoms with van der Waals surface area (Å²) >= 11 is 0. The van der Waals surface area contributed by atoms with Crippen LogP contribution in [0.25, 0.3) is 44.2 Å². The first-order valence-corrected chi connectivity index (χ1v) is 16.0. The number of Topliss-reactive ketones (excluding diaryl/α,β-unsaturated/α-hetero) is 2. The Bertz CT molecular complexity index is 2710. The predicted molar refractivity (Wildman–Crippen MR) is 187 cm³/mol. The molecule has 8 rings (SSSR count). The van der Waals surface area contributed by atoms with Crippen LogP contribution < -0.4 is 30.3 Å². The van der Waals surface area contributed by atoms with E-state index in [1.807, 2.05) is 73.7 Å². The highest BCUT2D eigenvalue weighted by atomic mass is 16.7. The fraction of sp³-hybridized carbons (Fsp3) is 0.0476. The van der Waals surface area contributed by atoms with E-state index in [-0.39, 0.29) is 44.6 Å². The van der Waals surface area contributed by atoms with Crippen LogP contribution in [0.1, 0.15) is 12.5 Å². The molecule has 6 aromatic rings. The molecular formula is C42H26O8. The summed E-state index contributed by atoms with van der Waals surface area (Å²) < 4.78 is 22.6. The minimum absolute atomic E-state index is 0.0186. The highest BCUT2D eigenvalue weighted by Gasteiger charge is 2.38. The zero-order chi connectivity index (χ0) is 34.4. The molecule has 0 radical (unpaired) electrons. The molecule has 0 aromatic heterocycles. The Morgan fingerprint density at radius 2 is 0.940 bits per heavy atom. The second kappa shape index (κ2) is 12.3. The predicted octanol–water partition coefficient (Wildman–Crippen LogP) is 5.37. The molecule has 8 heteroatoms. The molecule has 0 unspecified atom stereocenters. The van der Waals surface area contributed by atoms with Gasteiger partial charge in [0.2, 0.25) is 11.6 Å². The highest BCUT2D eigenvalue weighted by Crippen LogP contribution is 2.30. The number of hydrogen-bond donors (Lipinski definition) is 0. The van der Waals surface area contributed by atoms with Crippen molar-refractivity contribution in [3.8, 4) is 11.5 Å². The number of aryl methyl sites for hydroxylation is 1. The summed E-state index contributed by atoms with van der Waals surface area (Å²) in [5.74, 6) is -1.41. The van der Waals surface area contributed by atoms with Crippen molar-refractivity contribution in [2.24, 2.45) is 0 Å². The number of ether oxygens (including phenoxy) is 4. The molecule has 0 saturated heterocycles. The topological polar surface area (TPSA) is 105 Å². The van der Waals surface area contributed by atoms with Crippen LogP contribution in [0.2, 0.25) is 0 Å². The Balaban J connectivity index is 1.23. The number of benzene rings is 6. The van der Waals surface area contributed by atoms with Gasteiger partial charge in [0.05, 0.1) is 0 Å². The standard InChI is InChI=1S/C42H26O8/c1-2-24-21-22-30-32(23-24)40(50-42(46)48-34-20-10-14-26-12-4-6-16-28(26)34)38(44)35-29-17-7-8-18-31(29)39(37(43)36(30)35)49-41(45)47-33-19-9-13-25-11-3-5-15-27(25)33/h3-23H,2H2,1H3. The van der Waals surface area contributed by atoms with Crippen LogP contribution in [0, 0.1) is 0 Å². The van der Waals surface area contributed by atoms with Crippen molar-refractivity contribution >= 4 is 68.1 Å². The Morgan fingerprint density at radius 3 is 1.50 bits per heavy atom. The average Bonchev–Trinajstić information content (AvgIpc) is 3.14. The molecule has 0 bridgehead atoms. The number of ketones is 2. The van der Waals surface area contributed by atoms with E-state index in [0.29, 0.717) is 27.6 Å². The smallest absolute Gasteiger partial charge is 0.394 e. The highest BCUT2D eigenvalue weighted by molar-refractivity contribution is 6.58. The third-order valence-electron chi connectivity index (χ3n) is 8.82. The van der Waals surface area contributed by atoms with E-state index in [1.165, 1.54) is 0 Å². The van der Waals surface area contributed by atoms with Crippen LogP contribution >= 0.6 is 0 Å². The Labute approximate surface area is 284 Å². The normalized spacial score (nSPS) is 13.5. The van der Waals surface area contributed by atoms with E-state index >= 15 is 0 Å². The molecule has 0 atom stereocenters. The number of carbonyl (C=O) groups is 4. The zero-order valence-electron chi connectivity index (χ0n) is 26.6. The van der Waals surface area contributed by atoms with Crippen LogP contribution in [-0.2, 0) is 25.5 Å². The third kappa shape index (κ3) is 5.20. The van der Waals surface area contributed by atoms with Gasteiger partial charge in [-0.15, -0.1) is 0 Å². The summed E-state index contributed by atoms with van der Waals surface area (Å²) in [7, 11) is 0. The van der Waals surface area contributed by atoms with Crippen molar-refractivity contribution in [3.05, 3.63) is 154 Å². The second-order valence-corrected chi connectivity index (χ2v) is 11.7. The van der Waals surface area contributed by atoms with Gasteiger partial charge >= 0.3 is 12.3 Å². The van der Waals surface area contributed by atoms with Gasteiger partial charge < -0.3 is 18.9 Å². The third-order valence-corrected chi connectivity index (χ3v) is 8.82. The first kappa shape index (κ1) is 30.5. The number of carbonyl (C=O) groups excluding carboxylic acids is 4. The average molecular weight is 659 g/mol. The molecule has 0 N–H and O–H groups in total. The van der Waals surface area contributed by atoms with Gasteiger partial charge in [-0.2, -0.15) is 0 Å². The lowest BCUT2D eigenvalue weighted by molar-refractivity contribution is -0.112. The molecule has 0 spiro atoms. The van der Waals surface area contributed by atoms with Gasteiger partial charge in [-0.25, -0.2) is 9.59 Å². The Kier molecular flexibility index (Phi) is 7.53. The zero-order valence-corrected chi connectivity index (χ0v) is 26.6. The molecule has 0 heterocycles. The fourth-order valence-electron chi connectivity index (χ4n) is 6.49. The Morgan fingerprint density at radius 1 is 0.480 bits per heavy atom. The van der Waals surface area contributed by atoms with Crippen LogP contribution in [0.3, 0.4) is 0 Å². The van der Waals surface area contributed by atoms with Crippen LogP contribution in [0.4, 0.5) is 9.59 Å². The first-order valence-electron chi connectivity index (χ1n) is 16.0. The lowest BCUT2D eigenvalue weighted by atomic mass is 9.83. The summed E-state index contributed by atoms with van der Waals surface area (Å²) in [6.07, 6.45) is -1.61.